The SMILES string of the molecule is CC(C)CNCC1CCCN1CCc1cccs1. The second-order valence-corrected chi connectivity index (χ2v) is 6.75. The summed E-state index contributed by atoms with van der Waals surface area (Å²) in [6, 6.07) is 5.18. The molecule has 1 fully saturated rings. The lowest BCUT2D eigenvalue weighted by Crippen LogP contribution is -2.39. The maximum Gasteiger partial charge on any atom is 0.0221 e. The Morgan fingerprint density at radius 1 is 1.50 bits per heavy atom. The quantitative estimate of drug-likeness (QED) is 0.816. The Bertz CT molecular complexity index is 321. The second kappa shape index (κ2) is 7.27. The Morgan fingerprint density at radius 2 is 2.39 bits per heavy atom. The molecule has 18 heavy (non-hydrogen) atoms. The first-order valence-corrected chi connectivity index (χ1v) is 8.11. The highest BCUT2D eigenvalue weighted by atomic mass is 32.1. The van der Waals surface area contributed by atoms with Gasteiger partial charge >= 0.3 is 0 Å². The Labute approximate surface area is 115 Å². The monoisotopic (exact) mass is 266 g/mol. The van der Waals surface area contributed by atoms with Crippen molar-refractivity contribution < 1.29 is 0 Å². The average molecular weight is 266 g/mol. The van der Waals surface area contributed by atoms with Gasteiger partial charge in [0, 0.05) is 24.0 Å². The number of hydrogen-bond acceptors (Lipinski definition) is 3. The highest BCUT2D eigenvalue weighted by molar-refractivity contribution is 7.09. The lowest BCUT2D eigenvalue weighted by atomic mass is 10.2. The van der Waals surface area contributed by atoms with Crippen molar-refractivity contribution in [1.82, 2.24) is 10.2 Å². The minimum absolute atomic E-state index is 0.756. The Balaban J connectivity index is 1.70. The van der Waals surface area contributed by atoms with E-state index in [-0.39, 0.29) is 0 Å². The van der Waals surface area contributed by atoms with Crippen molar-refractivity contribution in [1.29, 1.82) is 0 Å². The normalized spacial score (nSPS) is 20.9. The molecule has 0 radical (unpaired) electrons. The third kappa shape index (κ3) is 4.38. The molecule has 1 N–H and O–H groups in total. The number of hydrogen-bond donors (Lipinski definition) is 1. The summed E-state index contributed by atoms with van der Waals surface area (Å²) in [7, 11) is 0. The first kappa shape index (κ1) is 14.0. The summed E-state index contributed by atoms with van der Waals surface area (Å²) >= 11 is 1.89. The van der Waals surface area contributed by atoms with Gasteiger partial charge in [0.25, 0.3) is 0 Å². The van der Waals surface area contributed by atoms with Crippen molar-refractivity contribution >= 4 is 11.3 Å². The molecule has 1 aromatic rings. The number of thiophene rings is 1. The van der Waals surface area contributed by atoms with Gasteiger partial charge in [-0.2, -0.15) is 0 Å². The molecule has 1 unspecified atom stereocenters. The van der Waals surface area contributed by atoms with Crippen molar-refractivity contribution in [3.8, 4) is 0 Å². The van der Waals surface area contributed by atoms with E-state index in [0.717, 1.165) is 18.5 Å². The molecular weight excluding hydrogens is 240 g/mol. The number of likely N-dealkylation sites (tertiary alicyclic amines) is 1. The standard InChI is InChI=1S/C15H26N2S/c1-13(2)11-16-12-14-5-3-8-17(14)9-7-15-6-4-10-18-15/h4,6,10,13-14,16H,3,5,7-9,11-12H2,1-2H3. The van der Waals surface area contributed by atoms with Crippen LogP contribution in [0.15, 0.2) is 17.5 Å². The topological polar surface area (TPSA) is 15.3 Å². The van der Waals surface area contributed by atoms with Crippen molar-refractivity contribution in [2.75, 3.05) is 26.2 Å². The highest BCUT2D eigenvalue weighted by Gasteiger charge is 2.23. The zero-order chi connectivity index (χ0) is 12.8. The van der Waals surface area contributed by atoms with E-state index in [9.17, 15) is 0 Å². The van der Waals surface area contributed by atoms with Crippen LogP contribution in [0, 0.1) is 5.92 Å². The lowest BCUT2D eigenvalue weighted by molar-refractivity contribution is 0.249. The van der Waals surface area contributed by atoms with Gasteiger partial charge < -0.3 is 5.32 Å². The van der Waals surface area contributed by atoms with Crippen molar-refractivity contribution in [3.05, 3.63) is 22.4 Å². The molecule has 0 aromatic carbocycles. The fraction of sp³-hybridized carbons (Fsp3) is 0.733. The lowest BCUT2D eigenvalue weighted by Gasteiger charge is -2.25. The summed E-state index contributed by atoms with van der Waals surface area (Å²) in [6.45, 7) is 9.39. The third-order valence-corrected chi connectivity index (χ3v) is 4.59. The highest BCUT2D eigenvalue weighted by Crippen LogP contribution is 2.18. The Kier molecular flexibility index (Phi) is 5.67. The van der Waals surface area contributed by atoms with E-state index >= 15 is 0 Å². The molecule has 1 aliphatic rings. The molecule has 3 heteroatoms. The zero-order valence-electron chi connectivity index (χ0n) is 11.7. The molecule has 0 bridgehead atoms. The van der Waals surface area contributed by atoms with Crippen LogP contribution in [0.25, 0.3) is 0 Å². The van der Waals surface area contributed by atoms with Crippen molar-refractivity contribution in [2.24, 2.45) is 5.92 Å². The summed E-state index contributed by atoms with van der Waals surface area (Å²) in [5.41, 5.74) is 0. The van der Waals surface area contributed by atoms with Crippen LogP contribution in [-0.4, -0.2) is 37.1 Å². The van der Waals surface area contributed by atoms with Crippen LogP contribution in [0.3, 0.4) is 0 Å². The predicted octanol–water partition coefficient (Wildman–Crippen LogP) is 3.00. The van der Waals surface area contributed by atoms with Crippen LogP contribution < -0.4 is 5.32 Å². The molecule has 2 nitrogen and oxygen atoms in total. The van der Waals surface area contributed by atoms with Gasteiger partial charge in [-0.15, -0.1) is 11.3 Å². The van der Waals surface area contributed by atoms with E-state index in [1.807, 2.05) is 11.3 Å². The van der Waals surface area contributed by atoms with E-state index in [0.29, 0.717) is 0 Å². The van der Waals surface area contributed by atoms with E-state index in [1.54, 1.807) is 0 Å². The van der Waals surface area contributed by atoms with Gasteiger partial charge in [0.15, 0.2) is 0 Å². The molecule has 1 saturated heterocycles. The first-order chi connectivity index (χ1) is 8.75. The van der Waals surface area contributed by atoms with Crippen LogP contribution in [0.4, 0.5) is 0 Å². The second-order valence-electron chi connectivity index (χ2n) is 5.71. The molecule has 1 aromatic heterocycles. The fourth-order valence-electron chi connectivity index (χ4n) is 2.67. The molecule has 0 spiro atoms. The average Bonchev–Trinajstić information content (AvgIpc) is 2.96. The van der Waals surface area contributed by atoms with E-state index < -0.39 is 0 Å². The zero-order valence-corrected chi connectivity index (χ0v) is 12.5. The maximum atomic E-state index is 3.61. The predicted molar refractivity (Wildman–Crippen MR) is 80.3 cm³/mol. The van der Waals surface area contributed by atoms with E-state index in [4.69, 9.17) is 0 Å². The maximum absolute atomic E-state index is 3.61. The van der Waals surface area contributed by atoms with Gasteiger partial charge in [-0.25, -0.2) is 0 Å². The van der Waals surface area contributed by atoms with Crippen LogP contribution in [0.5, 0.6) is 0 Å². The Morgan fingerprint density at radius 3 is 3.11 bits per heavy atom. The van der Waals surface area contributed by atoms with Gasteiger partial charge in [-0.1, -0.05) is 19.9 Å². The van der Waals surface area contributed by atoms with E-state index in [2.05, 4.69) is 41.6 Å². The van der Waals surface area contributed by atoms with Crippen LogP contribution in [-0.2, 0) is 6.42 Å². The first-order valence-electron chi connectivity index (χ1n) is 7.23. The summed E-state index contributed by atoms with van der Waals surface area (Å²) in [5.74, 6) is 0.756. The van der Waals surface area contributed by atoms with Crippen molar-refractivity contribution in [2.45, 2.75) is 39.2 Å². The van der Waals surface area contributed by atoms with Gasteiger partial charge in [-0.05, 0) is 49.7 Å². The Hall–Kier alpha value is -0.380. The van der Waals surface area contributed by atoms with E-state index in [1.165, 1.54) is 43.8 Å². The molecule has 0 saturated carbocycles. The third-order valence-electron chi connectivity index (χ3n) is 3.66. The fourth-order valence-corrected chi connectivity index (χ4v) is 3.37. The molecule has 0 aliphatic carbocycles. The van der Waals surface area contributed by atoms with Crippen LogP contribution in [0.1, 0.15) is 31.6 Å². The molecule has 0 amide bonds. The van der Waals surface area contributed by atoms with Gasteiger partial charge in [0.05, 0.1) is 0 Å². The number of nitrogens with one attached hydrogen (secondary N) is 1. The molecule has 1 aliphatic heterocycles. The van der Waals surface area contributed by atoms with Gasteiger partial charge in [-0.3, -0.25) is 4.90 Å². The summed E-state index contributed by atoms with van der Waals surface area (Å²) in [5, 5.41) is 5.79. The minimum atomic E-state index is 0.756. The molecule has 2 rings (SSSR count). The van der Waals surface area contributed by atoms with Crippen LogP contribution >= 0.6 is 11.3 Å². The van der Waals surface area contributed by atoms with Crippen LogP contribution in [0.2, 0.25) is 0 Å². The van der Waals surface area contributed by atoms with Gasteiger partial charge in [0.2, 0.25) is 0 Å². The summed E-state index contributed by atoms with van der Waals surface area (Å²) < 4.78 is 0. The molecular formula is C15H26N2S. The number of rotatable bonds is 7. The summed E-state index contributed by atoms with van der Waals surface area (Å²) in [4.78, 5) is 4.20. The molecule has 102 valence electrons. The molecule has 1 atom stereocenters. The minimum Gasteiger partial charge on any atom is -0.315 e. The molecule has 2 heterocycles. The number of nitrogens with zero attached hydrogens (tertiary/aromatic N) is 1. The largest absolute Gasteiger partial charge is 0.315 e. The van der Waals surface area contributed by atoms with Gasteiger partial charge in [0.1, 0.15) is 0 Å². The smallest absolute Gasteiger partial charge is 0.0221 e. The van der Waals surface area contributed by atoms with Crippen molar-refractivity contribution in [3.63, 3.8) is 0 Å². The summed E-state index contributed by atoms with van der Waals surface area (Å²) in [6.07, 6.45) is 3.96.